The second kappa shape index (κ2) is 10.2. The van der Waals surface area contributed by atoms with Crippen LogP contribution in [0.4, 0.5) is 5.69 Å². The van der Waals surface area contributed by atoms with Gasteiger partial charge in [0.25, 0.3) is 0 Å². The summed E-state index contributed by atoms with van der Waals surface area (Å²) in [5.74, 6) is -0.0995. The molecule has 1 fully saturated rings. The molecule has 1 saturated heterocycles. The molecule has 2 heterocycles. The number of fused-ring (bicyclic) bond motifs is 1. The summed E-state index contributed by atoms with van der Waals surface area (Å²) in [5, 5.41) is 0.643. The highest BCUT2D eigenvalue weighted by Crippen LogP contribution is 2.28. The Labute approximate surface area is 205 Å². The molecule has 0 aliphatic carbocycles. The molecule has 180 valence electrons. The van der Waals surface area contributed by atoms with Crippen molar-refractivity contribution in [3.63, 3.8) is 0 Å². The zero-order valence-corrected chi connectivity index (χ0v) is 20.6. The Morgan fingerprint density at radius 3 is 2.44 bits per heavy atom. The fourth-order valence-electron chi connectivity index (χ4n) is 4.82. The standard InChI is InChI=1S/C26H32ClN5O2/c1-18(2)31-24-7-5-4-6-23(24)30(26(31)34)15-14-29-12-10-20(11-13-29)32(25(33)17-28)21-9-8-19(3)22(27)16-21/h4-9,16,20H,1,10-15,17,28H2,2-3H3. The third-order valence-electron chi connectivity index (χ3n) is 6.66. The Morgan fingerprint density at radius 1 is 1.15 bits per heavy atom. The molecule has 0 saturated carbocycles. The maximum atomic E-state index is 13.0. The maximum absolute atomic E-state index is 13.0. The van der Waals surface area contributed by atoms with Crippen molar-refractivity contribution in [1.82, 2.24) is 14.0 Å². The molecule has 2 N–H and O–H groups in total. The number of halogens is 1. The van der Waals surface area contributed by atoms with E-state index in [9.17, 15) is 9.59 Å². The van der Waals surface area contributed by atoms with E-state index in [-0.39, 0.29) is 24.2 Å². The third kappa shape index (κ3) is 4.69. The van der Waals surface area contributed by atoms with E-state index in [0.717, 1.165) is 54.8 Å². The first-order valence-corrected chi connectivity index (χ1v) is 12.1. The second-order valence-corrected chi connectivity index (χ2v) is 9.37. The van der Waals surface area contributed by atoms with E-state index in [4.69, 9.17) is 17.3 Å². The molecule has 1 aromatic heterocycles. The fourth-order valence-corrected chi connectivity index (χ4v) is 5.00. The highest BCUT2D eigenvalue weighted by molar-refractivity contribution is 6.31. The first kappa shape index (κ1) is 24.3. The summed E-state index contributed by atoms with van der Waals surface area (Å²) in [6, 6.07) is 13.6. The van der Waals surface area contributed by atoms with E-state index in [0.29, 0.717) is 17.3 Å². The topological polar surface area (TPSA) is 76.5 Å². The first-order valence-electron chi connectivity index (χ1n) is 11.7. The number of hydrogen-bond acceptors (Lipinski definition) is 4. The van der Waals surface area contributed by atoms with Crippen molar-refractivity contribution >= 4 is 39.9 Å². The van der Waals surface area contributed by atoms with Gasteiger partial charge in [-0.05, 0) is 56.5 Å². The lowest BCUT2D eigenvalue weighted by Crippen LogP contribution is -2.50. The number of benzene rings is 2. The molecular formula is C26H32ClN5O2. The smallest absolute Gasteiger partial charge is 0.322 e. The van der Waals surface area contributed by atoms with Gasteiger partial charge in [-0.25, -0.2) is 4.79 Å². The minimum atomic E-state index is -0.0995. The van der Waals surface area contributed by atoms with Crippen LogP contribution in [0.1, 0.15) is 25.3 Å². The summed E-state index contributed by atoms with van der Waals surface area (Å²) in [5.41, 5.74) is 9.96. The molecule has 0 unspecified atom stereocenters. The van der Waals surface area contributed by atoms with E-state index in [1.54, 1.807) is 4.57 Å². The number of hydrogen-bond donors (Lipinski definition) is 1. The number of imidazole rings is 1. The van der Waals surface area contributed by atoms with Crippen LogP contribution in [0.5, 0.6) is 0 Å². The van der Waals surface area contributed by atoms with Gasteiger partial charge >= 0.3 is 5.69 Å². The van der Waals surface area contributed by atoms with Crippen LogP contribution in [0.2, 0.25) is 5.02 Å². The van der Waals surface area contributed by atoms with Crippen molar-refractivity contribution in [2.24, 2.45) is 5.73 Å². The van der Waals surface area contributed by atoms with Gasteiger partial charge in [-0.3, -0.25) is 13.9 Å². The number of para-hydroxylation sites is 2. The Morgan fingerprint density at radius 2 is 1.82 bits per heavy atom. The average Bonchev–Trinajstić information content (AvgIpc) is 3.12. The van der Waals surface area contributed by atoms with E-state index in [2.05, 4.69) is 11.5 Å². The predicted octanol–water partition coefficient (Wildman–Crippen LogP) is 3.71. The number of aromatic nitrogens is 2. The van der Waals surface area contributed by atoms with Crippen LogP contribution >= 0.6 is 11.6 Å². The molecular weight excluding hydrogens is 450 g/mol. The number of allylic oxidation sites excluding steroid dienone is 1. The minimum absolute atomic E-state index is 0.0403. The lowest BCUT2D eigenvalue weighted by atomic mass is 10.0. The van der Waals surface area contributed by atoms with Crippen LogP contribution in [-0.4, -0.2) is 52.2 Å². The molecule has 1 amide bonds. The van der Waals surface area contributed by atoms with Crippen molar-refractivity contribution in [2.75, 3.05) is 31.1 Å². The monoisotopic (exact) mass is 481 g/mol. The number of nitrogens with two attached hydrogens (primary N) is 1. The number of carbonyl (C=O) groups is 1. The quantitative estimate of drug-likeness (QED) is 0.558. The summed E-state index contributed by atoms with van der Waals surface area (Å²) in [6.07, 6.45) is 1.67. The summed E-state index contributed by atoms with van der Waals surface area (Å²) in [4.78, 5) is 29.9. The number of anilines is 1. The minimum Gasteiger partial charge on any atom is -0.322 e. The number of rotatable bonds is 7. The van der Waals surface area contributed by atoms with Crippen LogP contribution < -0.4 is 16.3 Å². The number of likely N-dealkylation sites (tertiary alicyclic amines) is 1. The van der Waals surface area contributed by atoms with Gasteiger partial charge in [0.1, 0.15) is 0 Å². The van der Waals surface area contributed by atoms with Crippen molar-refractivity contribution in [1.29, 1.82) is 0 Å². The number of nitrogens with zero attached hydrogens (tertiary/aromatic N) is 4. The van der Waals surface area contributed by atoms with Gasteiger partial charge in [0.2, 0.25) is 5.91 Å². The zero-order chi connectivity index (χ0) is 24.4. The van der Waals surface area contributed by atoms with Crippen LogP contribution in [0.25, 0.3) is 16.7 Å². The van der Waals surface area contributed by atoms with Crippen LogP contribution in [0.15, 0.2) is 53.8 Å². The molecule has 8 heteroatoms. The normalized spacial score (nSPS) is 15.1. The number of carbonyl (C=O) groups excluding carboxylic acids is 1. The highest BCUT2D eigenvalue weighted by atomic mass is 35.5. The Hall–Kier alpha value is -2.87. The molecule has 1 aliphatic rings. The number of aryl methyl sites for hydroxylation is 1. The van der Waals surface area contributed by atoms with Crippen molar-refractivity contribution in [3.05, 3.63) is 70.1 Å². The van der Waals surface area contributed by atoms with Gasteiger partial charge in [-0.1, -0.05) is 36.4 Å². The lowest BCUT2D eigenvalue weighted by molar-refractivity contribution is -0.118. The van der Waals surface area contributed by atoms with Gasteiger partial charge in [-0.2, -0.15) is 0 Å². The molecule has 2 aromatic carbocycles. The fraction of sp³-hybridized carbons (Fsp3) is 0.385. The largest absolute Gasteiger partial charge is 0.333 e. The highest BCUT2D eigenvalue weighted by Gasteiger charge is 2.29. The summed E-state index contributed by atoms with van der Waals surface area (Å²) in [7, 11) is 0. The second-order valence-electron chi connectivity index (χ2n) is 8.97. The first-order chi connectivity index (χ1) is 16.3. The average molecular weight is 482 g/mol. The molecule has 1 aliphatic heterocycles. The predicted molar refractivity (Wildman–Crippen MR) is 139 cm³/mol. The third-order valence-corrected chi connectivity index (χ3v) is 7.06. The van der Waals surface area contributed by atoms with Gasteiger partial charge in [-0.15, -0.1) is 0 Å². The molecule has 0 radical (unpaired) electrons. The van der Waals surface area contributed by atoms with Crippen molar-refractivity contribution < 1.29 is 4.79 Å². The van der Waals surface area contributed by atoms with E-state index in [1.807, 2.05) is 65.8 Å². The lowest BCUT2D eigenvalue weighted by Gasteiger charge is -2.38. The molecule has 7 nitrogen and oxygen atoms in total. The summed E-state index contributed by atoms with van der Waals surface area (Å²) in [6.45, 7) is 10.8. The van der Waals surface area contributed by atoms with Gasteiger partial charge in [0, 0.05) is 48.6 Å². The van der Waals surface area contributed by atoms with Gasteiger partial charge in [0.05, 0.1) is 17.6 Å². The SMILES string of the molecule is C=C(C)n1c(=O)n(CCN2CCC(N(C(=O)CN)c3ccc(C)c(Cl)c3)CC2)c2ccccc21. The van der Waals surface area contributed by atoms with Gasteiger partial charge < -0.3 is 15.5 Å². The maximum Gasteiger partial charge on any atom is 0.333 e. The number of piperidine rings is 1. The molecule has 0 atom stereocenters. The molecule has 3 aromatic rings. The Kier molecular flexibility index (Phi) is 7.26. The van der Waals surface area contributed by atoms with Crippen molar-refractivity contribution in [2.45, 2.75) is 39.3 Å². The number of amides is 1. The zero-order valence-electron chi connectivity index (χ0n) is 19.8. The van der Waals surface area contributed by atoms with Gasteiger partial charge in [0.15, 0.2) is 0 Å². The molecule has 4 rings (SSSR count). The Bertz CT molecular complexity index is 1270. The van der Waals surface area contributed by atoms with E-state index < -0.39 is 0 Å². The van der Waals surface area contributed by atoms with Crippen LogP contribution in [0, 0.1) is 6.92 Å². The van der Waals surface area contributed by atoms with E-state index >= 15 is 0 Å². The molecule has 0 bridgehead atoms. The Balaban J connectivity index is 1.45. The summed E-state index contributed by atoms with van der Waals surface area (Å²) < 4.78 is 3.50. The molecule has 34 heavy (non-hydrogen) atoms. The summed E-state index contributed by atoms with van der Waals surface area (Å²) >= 11 is 6.33. The van der Waals surface area contributed by atoms with Crippen LogP contribution in [0.3, 0.4) is 0 Å². The van der Waals surface area contributed by atoms with E-state index in [1.165, 1.54) is 0 Å². The van der Waals surface area contributed by atoms with Crippen LogP contribution in [-0.2, 0) is 11.3 Å². The molecule has 0 spiro atoms. The van der Waals surface area contributed by atoms with Crippen molar-refractivity contribution in [3.8, 4) is 0 Å².